The largest absolute Gasteiger partial charge is 0.308 e. The summed E-state index contributed by atoms with van der Waals surface area (Å²) in [6, 6.07) is 28.5. The van der Waals surface area contributed by atoms with Gasteiger partial charge in [0, 0.05) is 26.2 Å². The SMILES string of the molecule is CCc1cccc(CN(CCN(C)C)Cc2ccccc2-c2ccccc2)c1. The minimum atomic E-state index is 0.954. The Morgan fingerprint density at radius 1 is 0.679 bits per heavy atom. The van der Waals surface area contributed by atoms with Crippen LogP contribution in [-0.2, 0) is 19.5 Å². The van der Waals surface area contributed by atoms with Gasteiger partial charge in [0.05, 0.1) is 0 Å². The number of hydrogen-bond donors (Lipinski definition) is 0. The van der Waals surface area contributed by atoms with Crippen molar-refractivity contribution >= 4 is 0 Å². The van der Waals surface area contributed by atoms with E-state index in [0.717, 1.165) is 32.6 Å². The minimum Gasteiger partial charge on any atom is -0.308 e. The van der Waals surface area contributed by atoms with Gasteiger partial charge >= 0.3 is 0 Å². The maximum Gasteiger partial charge on any atom is 0.0243 e. The van der Waals surface area contributed by atoms with Crippen molar-refractivity contribution in [3.63, 3.8) is 0 Å². The number of nitrogens with zero attached hydrogens (tertiary/aromatic N) is 2. The molecule has 0 spiro atoms. The fraction of sp³-hybridized carbons (Fsp3) is 0.308. The van der Waals surface area contributed by atoms with E-state index in [-0.39, 0.29) is 0 Å². The topological polar surface area (TPSA) is 6.48 Å². The van der Waals surface area contributed by atoms with Gasteiger partial charge in [0.2, 0.25) is 0 Å². The molecule has 0 aromatic heterocycles. The lowest BCUT2D eigenvalue weighted by Gasteiger charge is -2.25. The fourth-order valence-electron chi connectivity index (χ4n) is 3.56. The van der Waals surface area contributed by atoms with Gasteiger partial charge in [-0.3, -0.25) is 4.90 Å². The Morgan fingerprint density at radius 3 is 2.14 bits per heavy atom. The maximum atomic E-state index is 2.57. The van der Waals surface area contributed by atoms with E-state index in [2.05, 4.69) is 110 Å². The van der Waals surface area contributed by atoms with Gasteiger partial charge in [-0.15, -0.1) is 0 Å². The molecule has 0 aliphatic rings. The normalized spacial score (nSPS) is 11.3. The summed E-state index contributed by atoms with van der Waals surface area (Å²) in [6.45, 7) is 6.26. The Morgan fingerprint density at radius 2 is 1.39 bits per heavy atom. The average Bonchev–Trinajstić information content (AvgIpc) is 2.73. The molecule has 0 N–H and O–H groups in total. The first-order valence-corrected chi connectivity index (χ1v) is 10.2. The summed E-state index contributed by atoms with van der Waals surface area (Å²) in [7, 11) is 4.29. The zero-order valence-corrected chi connectivity index (χ0v) is 17.4. The summed E-state index contributed by atoms with van der Waals surface area (Å²) >= 11 is 0. The molecule has 0 aliphatic heterocycles. The van der Waals surface area contributed by atoms with Crippen molar-refractivity contribution < 1.29 is 0 Å². The second-order valence-electron chi connectivity index (χ2n) is 7.71. The zero-order valence-electron chi connectivity index (χ0n) is 17.4. The first kappa shape index (κ1) is 20.3. The van der Waals surface area contributed by atoms with E-state index in [1.807, 2.05) is 0 Å². The molecule has 0 fully saturated rings. The van der Waals surface area contributed by atoms with Crippen molar-refractivity contribution in [3.8, 4) is 11.1 Å². The third kappa shape index (κ3) is 5.79. The van der Waals surface area contributed by atoms with Gasteiger partial charge in [-0.2, -0.15) is 0 Å². The fourth-order valence-corrected chi connectivity index (χ4v) is 3.56. The Bertz CT molecular complexity index is 855. The van der Waals surface area contributed by atoms with E-state index >= 15 is 0 Å². The number of hydrogen-bond acceptors (Lipinski definition) is 2. The summed E-state index contributed by atoms with van der Waals surface area (Å²) in [6.07, 6.45) is 1.09. The first-order valence-electron chi connectivity index (χ1n) is 10.2. The molecule has 0 saturated carbocycles. The van der Waals surface area contributed by atoms with Crippen molar-refractivity contribution in [3.05, 3.63) is 95.6 Å². The van der Waals surface area contributed by atoms with Gasteiger partial charge < -0.3 is 4.90 Å². The summed E-state index contributed by atoms with van der Waals surface area (Å²) < 4.78 is 0. The van der Waals surface area contributed by atoms with E-state index in [1.54, 1.807) is 0 Å². The second-order valence-corrected chi connectivity index (χ2v) is 7.71. The van der Waals surface area contributed by atoms with E-state index < -0.39 is 0 Å². The van der Waals surface area contributed by atoms with Crippen molar-refractivity contribution in [1.29, 1.82) is 0 Å². The quantitative estimate of drug-likeness (QED) is 0.491. The third-order valence-corrected chi connectivity index (χ3v) is 5.17. The van der Waals surface area contributed by atoms with Crippen LogP contribution in [-0.4, -0.2) is 37.0 Å². The summed E-state index contributed by atoms with van der Waals surface area (Å²) in [4.78, 5) is 4.83. The van der Waals surface area contributed by atoms with Crippen molar-refractivity contribution in [1.82, 2.24) is 9.80 Å². The highest BCUT2D eigenvalue weighted by Gasteiger charge is 2.12. The van der Waals surface area contributed by atoms with Crippen LogP contribution in [0.3, 0.4) is 0 Å². The van der Waals surface area contributed by atoms with Crippen LogP contribution in [0, 0.1) is 0 Å². The van der Waals surface area contributed by atoms with Gasteiger partial charge in [0.25, 0.3) is 0 Å². The smallest absolute Gasteiger partial charge is 0.0243 e. The summed E-state index contributed by atoms with van der Waals surface area (Å²) in [5.74, 6) is 0. The highest BCUT2D eigenvalue weighted by molar-refractivity contribution is 5.67. The van der Waals surface area contributed by atoms with E-state index in [9.17, 15) is 0 Å². The van der Waals surface area contributed by atoms with Gasteiger partial charge in [-0.25, -0.2) is 0 Å². The molecule has 3 aromatic rings. The van der Waals surface area contributed by atoms with Crippen molar-refractivity contribution in [2.45, 2.75) is 26.4 Å². The first-order chi connectivity index (χ1) is 13.7. The molecule has 0 saturated heterocycles. The molecule has 3 rings (SSSR count). The molecule has 146 valence electrons. The van der Waals surface area contributed by atoms with Crippen LogP contribution in [0.4, 0.5) is 0 Å². The van der Waals surface area contributed by atoms with Gasteiger partial charge in [-0.05, 0) is 48.3 Å². The van der Waals surface area contributed by atoms with Crippen LogP contribution in [0.2, 0.25) is 0 Å². The van der Waals surface area contributed by atoms with Crippen LogP contribution >= 0.6 is 0 Å². The van der Waals surface area contributed by atoms with Crippen LogP contribution in [0.15, 0.2) is 78.9 Å². The molecule has 0 heterocycles. The summed E-state index contributed by atoms with van der Waals surface area (Å²) in [5.41, 5.74) is 6.82. The van der Waals surface area contributed by atoms with Crippen molar-refractivity contribution in [2.75, 3.05) is 27.2 Å². The molecule has 0 atom stereocenters. The Labute approximate surface area is 170 Å². The summed E-state index contributed by atoms with van der Waals surface area (Å²) in [5, 5.41) is 0. The average molecular weight is 373 g/mol. The highest BCUT2D eigenvalue weighted by atomic mass is 15.2. The van der Waals surface area contributed by atoms with Gasteiger partial charge in [0.15, 0.2) is 0 Å². The lowest BCUT2D eigenvalue weighted by molar-refractivity contribution is 0.226. The Hall–Kier alpha value is -2.42. The second kappa shape index (κ2) is 10.2. The molecule has 3 aromatic carbocycles. The van der Waals surface area contributed by atoms with E-state index in [1.165, 1.54) is 27.8 Å². The van der Waals surface area contributed by atoms with Crippen LogP contribution in [0.1, 0.15) is 23.6 Å². The van der Waals surface area contributed by atoms with Crippen LogP contribution < -0.4 is 0 Å². The molecule has 0 unspecified atom stereocenters. The lowest BCUT2D eigenvalue weighted by Crippen LogP contribution is -2.31. The van der Waals surface area contributed by atoms with Gasteiger partial charge in [0.1, 0.15) is 0 Å². The predicted octanol–water partition coefficient (Wildman–Crippen LogP) is 5.48. The number of rotatable bonds is 9. The monoisotopic (exact) mass is 372 g/mol. The van der Waals surface area contributed by atoms with Crippen LogP contribution in [0.25, 0.3) is 11.1 Å². The minimum absolute atomic E-state index is 0.954. The third-order valence-electron chi connectivity index (χ3n) is 5.17. The maximum absolute atomic E-state index is 2.57. The number of aryl methyl sites for hydroxylation is 1. The molecule has 0 bridgehead atoms. The molecular weight excluding hydrogens is 340 g/mol. The molecular formula is C26H32N2. The Kier molecular flexibility index (Phi) is 7.41. The standard InChI is InChI=1S/C26H32N2/c1-4-22-11-10-12-23(19-22)20-28(18-17-27(2)3)21-25-15-8-9-16-26(25)24-13-6-5-7-14-24/h5-16,19H,4,17-18,20-21H2,1-3H3. The number of benzene rings is 3. The molecule has 0 aliphatic carbocycles. The lowest BCUT2D eigenvalue weighted by atomic mass is 9.99. The molecule has 28 heavy (non-hydrogen) atoms. The van der Waals surface area contributed by atoms with Crippen molar-refractivity contribution in [2.24, 2.45) is 0 Å². The molecule has 0 amide bonds. The molecule has 2 nitrogen and oxygen atoms in total. The molecule has 2 heteroatoms. The predicted molar refractivity (Wildman–Crippen MR) is 120 cm³/mol. The Balaban J connectivity index is 1.83. The zero-order chi connectivity index (χ0) is 19.8. The van der Waals surface area contributed by atoms with Crippen LogP contribution in [0.5, 0.6) is 0 Å². The van der Waals surface area contributed by atoms with E-state index in [0.29, 0.717) is 0 Å². The number of likely N-dealkylation sites (N-methyl/N-ethyl adjacent to an activating group) is 1. The molecule has 0 radical (unpaired) electrons. The van der Waals surface area contributed by atoms with E-state index in [4.69, 9.17) is 0 Å². The highest BCUT2D eigenvalue weighted by Crippen LogP contribution is 2.25. The van der Waals surface area contributed by atoms with Gasteiger partial charge in [-0.1, -0.05) is 85.8 Å².